The van der Waals surface area contributed by atoms with Gasteiger partial charge < -0.3 is 35.4 Å². The smallest absolute Gasteiger partial charge is 0.255 e. The molecule has 6 aliphatic rings. The maximum absolute atomic E-state index is 13.2. The van der Waals surface area contributed by atoms with Crippen LogP contribution >= 0.6 is 0 Å². The summed E-state index contributed by atoms with van der Waals surface area (Å²) in [4.78, 5) is 40.3. The third-order valence-electron chi connectivity index (χ3n) is 16.9. The second-order valence-corrected chi connectivity index (χ2v) is 28.6. The Morgan fingerprint density at radius 1 is 0.716 bits per heavy atom. The van der Waals surface area contributed by atoms with Crippen molar-refractivity contribution < 1.29 is 24.5 Å². The molecule has 8 heterocycles. The number of H-pyrrole nitrogens is 1. The van der Waals surface area contributed by atoms with Gasteiger partial charge in [-0.2, -0.15) is 20.4 Å². The topological polar surface area (TPSA) is 222 Å². The molecule has 8 atom stereocenters. The first-order chi connectivity index (χ1) is 35.6. The fraction of sp³-hybridized carbons (Fsp3) is 0.556. The van der Waals surface area contributed by atoms with Gasteiger partial charge in [0.25, 0.3) is 11.8 Å². The lowest BCUT2D eigenvalue weighted by molar-refractivity contribution is 0.0764. The van der Waals surface area contributed by atoms with Crippen LogP contribution in [-0.2, 0) is 37.4 Å². The van der Waals surface area contributed by atoms with Crippen LogP contribution in [0.4, 0.5) is 11.6 Å². The van der Waals surface area contributed by atoms with Crippen LogP contribution in [-0.4, -0.2) is 126 Å². The Morgan fingerprint density at radius 2 is 1.22 bits per heavy atom. The summed E-state index contributed by atoms with van der Waals surface area (Å²) in [5, 5.41) is 46.1. The number of aromatic nitrogens is 10. The van der Waals surface area contributed by atoms with Gasteiger partial charge >= 0.3 is 0 Å². The van der Waals surface area contributed by atoms with E-state index in [-0.39, 0.29) is 23.9 Å². The number of carbonyl (C=O) groups is 2. The zero-order valence-corrected chi connectivity index (χ0v) is 44.9. The number of fused-ring (bicyclic) bond motifs is 4. The lowest BCUT2D eigenvalue weighted by Gasteiger charge is -2.21. The van der Waals surface area contributed by atoms with E-state index in [0.717, 1.165) is 121 Å². The Hall–Kier alpha value is -6.22. The number of aliphatic hydroxyl groups excluding tert-OH is 2. The quantitative estimate of drug-likeness (QED) is 0.0579. The predicted octanol–water partition coefficient (Wildman–Crippen LogP) is 5.30. The van der Waals surface area contributed by atoms with Crippen molar-refractivity contribution in [2.24, 2.45) is 35.5 Å². The zero-order valence-electron chi connectivity index (χ0n) is 43.9. The summed E-state index contributed by atoms with van der Waals surface area (Å²) in [5.41, 5.74) is 11.8. The zero-order chi connectivity index (χ0) is 51.6. The van der Waals surface area contributed by atoms with Gasteiger partial charge in [-0.05, 0) is 129 Å². The molecule has 0 bridgehead atoms. The molecule has 392 valence electrons. The number of rotatable bonds is 17. The molecule has 2 amide bonds. The first kappa shape index (κ1) is 50.0. The van der Waals surface area contributed by atoms with Crippen LogP contribution in [0.3, 0.4) is 0 Å². The second kappa shape index (κ2) is 20.1. The van der Waals surface area contributed by atoms with Gasteiger partial charge in [-0.3, -0.25) is 24.1 Å². The van der Waals surface area contributed by atoms with E-state index < -0.39 is 8.07 Å². The summed E-state index contributed by atoms with van der Waals surface area (Å²) in [6, 6.07) is 9.34. The molecule has 74 heavy (non-hydrogen) atoms. The first-order valence-electron chi connectivity index (χ1n) is 26.6. The summed E-state index contributed by atoms with van der Waals surface area (Å²) < 4.78 is 11.4. The van der Waals surface area contributed by atoms with E-state index >= 15 is 0 Å². The van der Waals surface area contributed by atoms with Crippen LogP contribution in [0.15, 0.2) is 49.1 Å². The van der Waals surface area contributed by atoms with E-state index in [1.165, 1.54) is 11.1 Å². The van der Waals surface area contributed by atoms with Crippen LogP contribution in [0.1, 0.15) is 102 Å². The number of aryl methyl sites for hydroxylation is 3. The van der Waals surface area contributed by atoms with Crippen molar-refractivity contribution in [2.75, 3.05) is 55.8 Å². The maximum Gasteiger partial charge on any atom is 0.255 e. The number of ether oxygens (including phenoxy) is 1. The monoisotopic (exact) mass is 1020 g/mol. The van der Waals surface area contributed by atoms with Gasteiger partial charge in [-0.1, -0.05) is 31.8 Å². The molecular formula is C54H72N14O5Si. The average molecular weight is 1030 g/mol. The highest BCUT2D eigenvalue weighted by atomic mass is 28.3. The molecule has 12 rings (SSSR count). The second-order valence-electron chi connectivity index (χ2n) is 23.0. The number of pyridine rings is 2. The Labute approximate surface area is 433 Å². The minimum absolute atomic E-state index is 0.0518. The molecule has 6 aromatic heterocycles. The number of nitrogens with zero attached hydrogens (tertiary/aromatic N) is 11. The van der Waals surface area contributed by atoms with Gasteiger partial charge in [0.2, 0.25) is 0 Å². The van der Waals surface area contributed by atoms with Crippen LogP contribution in [0.2, 0.25) is 25.7 Å². The van der Waals surface area contributed by atoms with Crippen molar-refractivity contribution in [2.45, 2.75) is 111 Å². The molecule has 19 nitrogen and oxygen atoms in total. The maximum atomic E-state index is 13.2. The number of anilines is 2. The number of hydrogen-bond acceptors (Lipinski definition) is 13. The SMILES string of the molecule is Cc1nc(N2C[C@@H]3C(CO)[C@@H]3C2)ccc1Cn1cc(C(=O)N[C@@H]2CCc3c2n[nH]c3C)cn1.Cc1nc(N2C[C@@H]3C(CO)[C@@H]3C2)ccc1Cn1cc(C(=O)N[C@@H]2CCc3c2nn(COCC[Si](C)(C)C)c3C)cn1. The van der Waals surface area contributed by atoms with E-state index in [9.17, 15) is 19.8 Å². The number of carbonyl (C=O) groups excluding carboxylic acids is 2. The summed E-state index contributed by atoms with van der Waals surface area (Å²) in [5.74, 6) is 5.20. The van der Waals surface area contributed by atoms with Crippen LogP contribution in [0, 0.1) is 63.2 Å². The van der Waals surface area contributed by atoms with Crippen molar-refractivity contribution in [3.8, 4) is 0 Å². The number of nitrogens with one attached hydrogen (secondary N) is 3. The van der Waals surface area contributed by atoms with Gasteiger partial charge in [0, 0.05) is 89.2 Å². The van der Waals surface area contributed by atoms with E-state index in [4.69, 9.17) is 19.8 Å². The van der Waals surface area contributed by atoms with Crippen molar-refractivity contribution >= 4 is 31.5 Å². The molecule has 4 aliphatic carbocycles. The van der Waals surface area contributed by atoms with Gasteiger partial charge in [0.05, 0.1) is 60.1 Å². The highest BCUT2D eigenvalue weighted by Crippen LogP contribution is 2.53. The minimum atomic E-state index is -1.13. The molecule has 20 heteroatoms. The molecule has 4 fully saturated rings. The summed E-state index contributed by atoms with van der Waals surface area (Å²) >= 11 is 0. The van der Waals surface area contributed by atoms with Crippen molar-refractivity contribution in [1.82, 2.24) is 60.1 Å². The van der Waals surface area contributed by atoms with Crippen LogP contribution < -0.4 is 20.4 Å². The fourth-order valence-electron chi connectivity index (χ4n) is 12.1. The van der Waals surface area contributed by atoms with E-state index in [2.05, 4.69) is 91.7 Å². The Bertz CT molecular complexity index is 3020. The number of aromatic amines is 1. The molecule has 0 radical (unpaired) electrons. The van der Waals surface area contributed by atoms with Gasteiger partial charge in [0.15, 0.2) is 0 Å². The number of hydrogen-bond donors (Lipinski definition) is 5. The third kappa shape index (κ3) is 10.2. The normalized spacial score (nSPS) is 24.1. The molecule has 5 N–H and O–H groups in total. The highest BCUT2D eigenvalue weighted by molar-refractivity contribution is 6.76. The van der Waals surface area contributed by atoms with E-state index in [0.29, 0.717) is 79.7 Å². The van der Waals surface area contributed by atoms with Gasteiger partial charge in [0.1, 0.15) is 18.4 Å². The molecule has 2 saturated heterocycles. The lowest BCUT2D eigenvalue weighted by atomic mass is 10.2. The minimum Gasteiger partial charge on any atom is -0.396 e. The Morgan fingerprint density at radius 3 is 1.70 bits per heavy atom. The largest absolute Gasteiger partial charge is 0.396 e. The number of piperidine rings is 2. The molecule has 2 saturated carbocycles. The summed E-state index contributed by atoms with van der Waals surface area (Å²) in [6.07, 6.45) is 10.4. The van der Waals surface area contributed by atoms with Crippen LogP contribution in [0.25, 0.3) is 0 Å². The molecule has 2 unspecified atom stereocenters. The standard InChI is InChI=1S/C30H43N7O3Si.C24H29N7O2/c1-19-21(6-9-28(32-19)35-15-24-25(16-35)26(24)17-38)13-36-14-22(12-31-36)30(39)33-27-8-7-23-20(2)37(34-29(23)27)18-40-10-11-41(3,4)5;1-13-15(3-6-22(26-13)30-10-18-19(11-30)20(18)12-32)8-31-9-16(7-25-31)24(33)27-21-5-4-17-14(2)28-29-23(17)21/h6,9,12,14,24-27,38H,7-8,10-11,13,15-18H2,1-5H3,(H,33,39);3,6-7,9,18-21,32H,4-5,8,10-12H2,1-2H3,(H,27,33)(H,28,29)/t24-,25+,26?,27-;18-,19+,20?,21-/m11/s1. The fourth-order valence-corrected chi connectivity index (χ4v) is 12.8. The lowest BCUT2D eigenvalue weighted by Crippen LogP contribution is -2.27. The van der Waals surface area contributed by atoms with Gasteiger partial charge in [-0.25, -0.2) is 14.6 Å². The Balaban J connectivity index is 0.000000162. The molecular weight excluding hydrogens is 953 g/mol. The molecule has 0 aromatic carbocycles. The average Bonchev–Trinajstić information content (AvgIpc) is 4.09. The van der Waals surface area contributed by atoms with Gasteiger partial charge in [-0.15, -0.1) is 0 Å². The Kier molecular flexibility index (Phi) is 13.6. The van der Waals surface area contributed by atoms with Crippen LogP contribution in [0.5, 0.6) is 0 Å². The number of amides is 2. The van der Waals surface area contributed by atoms with E-state index in [1.54, 1.807) is 34.2 Å². The summed E-state index contributed by atoms with van der Waals surface area (Å²) in [6.45, 7) is 22.1. The van der Waals surface area contributed by atoms with Crippen molar-refractivity contribution in [3.05, 3.63) is 117 Å². The predicted molar refractivity (Wildman–Crippen MR) is 282 cm³/mol. The van der Waals surface area contributed by atoms with E-state index in [1.807, 2.05) is 25.5 Å². The molecule has 0 spiro atoms. The summed E-state index contributed by atoms with van der Waals surface area (Å²) in [7, 11) is -1.13. The molecule has 2 aliphatic heterocycles. The number of aliphatic hydroxyl groups is 2. The first-order valence-corrected chi connectivity index (χ1v) is 30.3. The van der Waals surface area contributed by atoms with Crippen molar-refractivity contribution in [1.29, 1.82) is 0 Å². The third-order valence-corrected chi connectivity index (χ3v) is 18.6. The molecule has 6 aromatic rings. The highest BCUT2D eigenvalue weighted by Gasteiger charge is 2.56. The van der Waals surface area contributed by atoms with Crippen molar-refractivity contribution in [3.63, 3.8) is 0 Å².